The fourth-order valence-corrected chi connectivity index (χ4v) is 3.38. The average Bonchev–Trinajstić information content (AvgIpc) is 3.24. The predicted octanol–water partition coefficient (Wildman–Crippen LogP) is 2.80. The number of hydrogen-bond donors (Lipinski definition) is 1. The molecule has 4 rings (SSSR count). The molecule has 1 N–H and O–H groups in total. The molecule has 2 aromatic heterocycles. The van der Waals surface area contributed by atoms with Gasteiger partial charge in [0.1, 0.15) is 5.69 Å². The summed E-state index contributed by atoms with van der Waals surface area (Å²) < 4.78 is 4.79. The van der Waals surface area contributed by atoms with Crippen molar-refractivity contribution in [3.63, 3.8) is 0 Å². The number of H-pyrrole nitrogens is 1. The van der Waals surface area contributed by atoms with Crippen LogP contribution in [-0.2, 0) is 4.74 Å². The minimum atomic E-state index is -0.454. The maximum Gasteiger partial charge on any atom is 0.340 e. The number of hydrogen-bond acceptors (Lipinski definition) is 4. The van der Waals surface area contributed by atoms with E-state index in [4.69, 9.17) is 4.74 Å². The molecule has 6 heteroatoms. The van der Waals surface area contributed by atoms with Crippen molar-refractivity contribution in [1.29, 1.82) is 0 Å². The molecule has 0 bridgehead atoms. The van der Waals surface area contributed by atoms with Gasteiger partial charge < -0.3 is 14.6 Å². The molecule has 0 saturated carbocycles. The van der Waals surface area contributed by atoms with E-state index in [9.17, 15) is 9.59 Å². The molecule has 6 nitrogen and oxygen atoms in total. The van der Waals surface area contributed by atoms with Crippen LogP contribution in [0.15, 0.2) is 41.8 Å². The van der Waals surface area contributed by atoms with Crippen molar-refractivity contribution in [2.24, 2.45) is 0 Å². The number of aromatic nitrogens is 2. The number of carbonyl (C=O) groups excluding carboxylic acids is 2. The van der Waals surface area contributed by atoms with E-state index in [1.54, 1.807) is 17.0 Å². The molecular weight excluding hydrogens is 306 g/mol. The SMILES string of the molecule is COC(=O)c1ccnc2cc(C(=O)N3CCC4=C3C=CCC4)[nH]c12. The van der Waals surface area contributed by atoms with Crippen LogP contribution in [-0.4, -0.2) is 40.4 Å². The summed E-state index contributed by atoms with van der Waals surface area (Å²) in [6.07, 6.45) is 8.67. The van der Waals surface area contributed by atoms with Gasteiger partial charge in [0.2, 0.25) is 0 Å². The Hall–Kier alpha value is -2.89. The Balaban J connectivity index is 1.72. The van der Waals surface area contributed by atoms with Gasteiger partial charge in [-0.1, -0.05) is 6.08 Å². The topological polar surface area (TPSA) is 75.3 Å². The summed E-state index contributed by atoms with van der Waals surface area (Å²) >= 11 is 0. The number of esters is 1. The van der Waals surface area contributed by atoms with Crippen LogP contribution in [0.4, 0.5) is 0 Å². The van der Waals surface area contributed by atoms with E-state index < -0.39 is 5.97 Å². The van der Waals surface area contributed by atoms with E-state index in [1.165, 1.54) is 18.9 Å². The second-order valence-corrected chi connectivity index (χ2v) is 5.93. The number of carbonyl (C=O) groups is 2. The number of aromatic amines is 1. The first-order chi connectivity index (χ1) is 11.7. The summed E-state index contributed by atoms with van der Waals surface area (Å²) in [7, 11) is 1.33. The Morgan fingerprint density at radius 3 is 3.04 bits per heavy atom. The molecule has 0 radical (unpaired) electrons. The third-order valence-electron chi connectivity index (χ3n) is 4.58. The summed E-state index contributed by atoms with van der Waals surface area (Å²) in [4.78, 5) is 33.9. The molecule has 2 aromatic rings. The molecular formula is C18H17N3O3. The van der Waals surface area contributed by atoms with E-state index in [0.717, 1.165) is 25.0 Å². The number of fused-ring (bicyclic) bond motifs is 1. The van der Waals surface area contributed by atoms with Crippen molar-refractivity contribution in [1.82, 2.24) is 14.9 Å². The smallest absolute Gasteiger partial charge is 0.340 e. The zero-order valence-electron chi connectivity index (χ0n) is 13.3. The summed E-state index contributed by atoms with van der Waals surface area (Å²) in [5.74, 6) is -0.551. The van der Waals surface area contributed by atoms with Gasteiger partial charge in [0.05, 0.1) is 23.7 Å². The highest BCUT2D eigenvalue weighted by Crippen LogP contribution is 2.32. The number of amides is 1. The summed E-state index contributed by atoms with van der Waals surface area (Å²) in [5, 5.41) is 0. The van der Waals surface area contributed by atoms with Crippen LogP contribution in [0, 0.1) is 0 Å². The van der Waals surface area contributed by atoms with Gasteiger partial charge >= 0.3 is 5.97 Å². The van der Waals surface area contributed by atoms with Crippen LogP contribution in [0.1, 0.15) is 40.1 Å². The number of rotatable bonds is 2. The van der Waals surface area contributed by atoms with E-state index in [0.29, 0.717) is 28.8 Å². The normalized spacial score (nSPS) is 16.6. The van der Waals surface area contributed by atoms with Gasteiger partial charge in [-0.15, -0.1) is 0 Å². The Morgan fingerprint density at radius 1 is 1.33 bits per heavy atom. The van der Waals surface area contributed by atoms with Crippen molar-refractivity contribution >= 4 is 22.9 Å². The van der Waals surface area contributed by atoms with Crippen molar-refractivity contribution in [2.45, 2.75) is 19.3 Å². The van der Waals surface area contributed by atoms with Gasteiger partial charge in [0, 0.05) is 18.4 Å². The molecule has 3 heterocycles. The molecule has 24 heavy (non-hydrogen) atoms. The van der Waals surface area contributed by atoms with Crippen LogP contribution < -0.4 is 0 Å². The molecule has 1 aliphatic heterocycles. The van der Waals surface area contributed by atoms with Crippen molar-refractivity contribution in [3.05, 3.63) is 53.0 Å². The molecule has 0 aromatic carbocycles. The maximum atomic E-state index is 12.9. The Morgan fingerprint density at radius 2 is 2.21 bits per heavy atom. The standard InChI is InChI=1S/C18H17N3O3/c1-24-18(23)12-6-8-19-13-10-14(20-16(12)13)17(22)21-9-7-11-4-2-3-5-15(11)21/h3,5-6,8,10,20H,2,4,7,9H2,1H3. The van der Waals surface area contributed by atoms with Gasteiger partial charge in [0.25, 0.3) is 5.91 Å². The van der Waals surface area contributed by atoms with Gasteiger partial charge in [-0.25, -0.2) is 4.79 Å². The zero-order valence-corrected chi connectivity index (χ0v) is 13.3. The quantitative estimate of drug-likeness (QED) is 0.862. The first-order valence-corrected chi connectivity index (χ1v) is 7.95. The maximum absolute atomic E-state index is 12.9. The zero-order chi connectivity index (χ0) is 16.7. The molecule has 1 aliphatic carbocycles. The molecule has 0 fully saturated rings. The fourth-order valence-electron chi connectivity index (χ4n) is 3.38. The van der Waals surface area contributed by atoms with Crippen molar-refractivity contribution in [3.8, 4) is 0 Å². The number of allylic oxidation sites excluding steroid dienone is 2. The molecule has 0 unspecified atom stereocenters. The van der Waals surface area contributed by atoms with Gasteiger partial charge in [0.15, 0.2) is 0 Å². The van der Waals surface area contributed by atoms with Crippen molar-refractivity contribution < 1.29 is 14.3 Å². The number of methoxy groups -OCH3 is 1. The second-order valence-electron chi connectivity index (χ2n) is 5.93. The number of pyridine rings is 1. The molecule has 1 amide bonds. The lowest BCUT2D eigenvalue weighted by atomic mass is 10.0. The van der Waals surface area contributed by atoms with E-state index in [1.807, 2.05) is 6.08 Å². The highest BCUT2D eigenvalue weighted by atomic mass is 16.5. The molecule has 2 aliphatic rings. The second kappa shape index (κ2) is 5.63. The van der Waals surface area contributed by atoms with Crippen LogP contribution in [0.3, 0.4) is 0 Å². The summed E-state index contributed by atoms with van der Waals surface area (Å²) in [5.41, 5.74) is 4.28. The average molecular weight is 323 g/mol. The highest BCUT2D eigenvalue weighted by molar-refractivity contribution is 6.05. The first-order valence-electron chi connectivity index (χ1n) is 7.95. The third-order valence-corrected chi connectivity index (χ3v) is 4.58. The fraction of sp³-hybridized carbons (Fsp3) is 0.278. The Bertz CT molecular complexity index is 907. The van der Waals surface area contributed by atoms with Gasteiger partial charge in [-0.3, -0.25) is 9.78 Å². The van der Waals surface area contributed by atoms with Crippen molar-refractivity contribution in [2.75, 3.05) is 13.7 Å². The summed E-state index contributed by atoms with van der Waals surface area (Å²) in [6, 6.07) is 3.27. The largest absolute Gasteiger partial charge is 0.465 e. The lowest BCUT2D eigenvalue weighted by molar-refractivity contribution is 0.0602. The first kappa shape index (κ1) is 14.7. The molecule has 0 spiro atoms. The minimum Gasteiger partial charge on any atom is -0.465 e. The van der Waals surface area contributed by atoms with E-state index in [2.05, 4.69) is 16.0 Å². The number of nitrogens with zero attached hydrogens (tertiary/aromatic N) is 2. The Labute approximate surface area is 138 Å². The molecule has 122 valence electrons. The van der Waals surface area contributed by atoms with Crippen LogP contribution >= 0.6 is 0 Å². The highest BCUT2D eigenvalue weighted by Gasteiger charge is 2.29. The summed E-state index contributed by atoms with van der Waals surface area (Å²) in [6.45, 7) is 0.695. The lowest BCUT2D eigenvalue weighted by Gasteiger charge is -2.19. The van der Waals surface area contributed by atoms with Crippen LogP contribution in [0.25, 0.3) is 11.0 Å². The monoisotopic (exact) mass is 323 g/mol. The lowest BCUT2D eigenvalue weighted by Crippen LogP contribution is -2.27. The third kappa shape index (κ3) is 2.22. The predicted molar refractivity (Wildman–Crippen MR) is 88.5 cm³/mol. The van der Waals surface area contributed by atoms with Gasteiger partial charge in [-0.05, 0) is 43.0 Å². The molecule has 0 atom stereocenters. The van der Waals surface area contributed by atoms with Crippen LogP contribution in [0.2, 0.25) is 0 Å². The number of ether oxygens (including phenoxy) is 1. The number of nitrogens with one attached hydrogen (secondary N) is 1. The van der Waals surface area contributed by atoms with E-state index >= 15 is 0 Å². The van der Waals surface area contributed by atoms with Crippen LogP contribution in [0.5, 0.6) is 0 Å². The van der Waals surface area contributed by atoms with E-state index in [-0.39, 0.29) is 5.91 Å². The molecule has 0 saturated heterocycles. The minimum absolute atomic E-state index is 0.0969. The van der Waals surface area contributed by atoms with Gasteiger partial charge in [-0.2, -0.15) is 0 Å². The Kier molecular flexibility index (Phi) is 3.45.